The number of aryl methyl sites for hydroxylation is 1. The number of halogens is 1. The molecule has 1 fully saturated rings. The Labute approximate surface area is 99.2 Å². The van der Waals surface area contributed by atoms with Crippen molar-refractivity contribution in [2.45, 2.75) is 25.8 Å². The third-order valence-electron chi connectivity index (χ3n) is 3.56. The molecule has 1 aromatic carbocycles. The zero-order chi connectivity index (χ0) is 12.0. The van der Waals surface area contributed by atoms with Crippen LogP contribution in [0, 0.1) is 12.7 Å². The largest absolute Gasteiger partial charge is 0.490 e. The highest BCUT2D eigenvalue weighted by atomic mass is 19.1. The highest BCUT2D eigenvalue weighted by Crippen LogP contribution is 2.31. The Hall–Kier alpha value is -1.58. The molecule has 1 atom stereocenters. The Balaban J connectivity index is 2.08. The van der Waals surface area contributed by atoms with Gasteiger partial charge in [-0.25, -0.2) is 4.39 Å². The van der Waals surface area contributed by atoms with Crippen LogP contribution in [-0.4, -0.2) is 30.0 Å². The van der Waals surface area contributed by atoms with Gasteiger partial charge in [-0.3, -0.25) is 4.79 Å². The molecule has 17 heavy (non-hydrogen) atoms. The zero-order valence-corrected chi connectivity index (χ0v) is 9.70. The molecule has 0 aromatic heterocycles. The van der Waals surface area contributed by atoms with Gasteiger partial charge in [0.2, 0.25) is 0 Å². The van der Waals surface area contributed by atoms with E-state index in [1.54, 1.807) is 13.0 Å². The lowest BCUT2D eigenvalue weighted by Gasteiger charge is -2.20. The number of nitrogens with zero attached hydrogens (tertiary/aromatic N) is 1. The van der Waals surface area contributed by atoms with Gasteiger partial charge < -0.3 is 9.64 Å². The zero-order valence-electron chi connectivity index (χ0n) is 9.70. The fraction of sp³-hybridized carbons (Fsp3) is 0.462. The molecule has 3 rings (SSSR count). The van der Waals surface area contributed by atoms with Gasteiger partial charge in [0, 0.05) is 12.6 Å². The number of rotatable bonds is 0. The first-order chi connectivity index (χ1) is 8.16. The van der Waals surface area contributed by atoms with E-state index < -0.39 is 0 Å². The Bertz CT molecular complexity index is 487. The monoisotopic (exact) mass is 235 g/mol. The quantitative estimate of drug-likeness (QED) is 0.689. The molecule has 0 radical (unpaired) electrons. The second kappa shape index (κ2) is 3.72. The maximum atomic E-state index is 13.5. The molecule has 1 aromatic rings. The average molecular weight is 235 g/mol. The number of carbonyl (C=O) groups excluding carboxylic acids is 1. The van der Waals surface area contributed by atoms with Crippen LogP contribution in [0.25, 0.3) is 0 Å². The smallest absolute Gasteiger partial charge is 0.257 e. The summed E-state index contributed by atoms with van der Waals surface area (Å²) in [7, 11) is 0. The summed E-state index contributed by atoms with van der Waals surface area (Å²) >= 11 is 0. The van der Waals surface area contributed by atoms with Crippen molar-refractivity contribution < 1.29 is 13.9 Å². The summed E-state index contributed by atoms with van der Waals surface area (Å²) in [5.74, 6) is 0.0363. The molecule has 3 nitrogen and oxygen atoms in total. The summed E-state index contributed by atoms with van der Waals surface area (Å²) in [4.78, 5) is 14.2. The third kappa shape index (κ3) is 1.59. The van der Waals surface area contributed by atoms with Gasteiger partial charge in [0.05, 0.1) is 11.6 Å². The van der Waals surface area contributed by atoms with E-state index in [4.69, 9.17) is 4.74 Å². The number of benzene rings is 1. The van der Waals surface area contributed by atoms with Crippen molar-refractivity contribution in [1.82, 2.24) is 4.90 Å². The lowest BCUT2D eigenvalue weighted by molar-refractivity contribution is 0.0726. The maximum Gasteiger partial charge on any atom is 0.257 e. The van der Waals surface area contributed by atoms with Crippen LogP contribution in [0.2, 0.25) is 0 Å². The molecular weight excluding hydrogens is 221 g/mol. The minimum Gasteiger partial charge on any atom is -0.490 e. The molecule has 0 spiro atoms. The second-order valence-corrected chi connectivity index (χ2v) is 4.70. The Morgan fingerprint density at radius 2 is 2.29 bits per heavy atom. The Morgan fingerprint density at radius 1 is 1.47 bits per heavy atom. The fourth-order valence-corrected chi connectivity index (χ4v) is 2.57. The van der Waals surface area contributed by atoms with Crippen LogP contribution in [0.15, 0.2) is 12.1 Å². The van der Waals surface area contributed by atoms with Crippen molar-refractivity contribution in [3.05, 3.63) is 29.1 Å². The fourth-order valence-electron chi connectivity index (χ4n) is 2.57. The minimum atomic E-state index is -0.321. The highest BCUT2D eigenvalue weighted by Gasteiger charge is 2.34. The minimum absolute atomic E-state index is 0.0249. The molecular formula is C13H14FNO2. The number of amides is 1. The van der Waals surface area contributed by atoms with Crippen LogP contribution >= 0.6 is 0 Å². The van der Waals surface area contributed by atoms with Crippen molar-refractivity contribution >= 4 is 5.91 Å². The summed E-state index contributed by atoms with van der Waals surface area (Å²) in [6, 6.07) is 3.07. The number of fused-ring (bicyclic) bond motifs is 2. The molecule has 90 valence electrons. The summed E-state index contributed by atoms with van der Waals surface area (Å²) in [5, 5.41) is 0. The van der Waals surface area contributed by atoms with Gasteiger partial charge in [0.25, 0.3) is 5.91 Å². The predicted octanol–water partition coefficient (Wildman–Crippen LogP) is 2.13. The number of ether oxygens (including phenoxy) is 1. The summed E-state index contributed by atoms with van der Waals surface area (Å²) in [5.41, 5.74) is 0.978. The van der Waals surface area contributed by atoms with Crippen molar-refractivity contribution in [1.29, 1.82) is 0 Å². The SMILES string of the molecule is Cc1cc2c(cc1F)OCC1CCCN1C2=O. The van der Waals surface area contributed by atoms with E-state index in [0.29, 0.717) is 23.5 Å². The van der Waals surface area contributed by atoms with E-state index >= 15 is 0 Å². The number of hydrogen-bond acceptors (Lipinski definition) is 2. The molecule has 2 aliphatic rings. The van der Waals surface area contributed by atoms with Crippen LogP contribution in [-0.2, 0) is 0 Å². The lowest BCUT2D eigenvalue weighted by atomic mass is 10.1. The molecule has 1 amide bonds. The van der Waals surface area contributed by atoms with E-state index in [0.717, 1.165) is 19.4 Å². The molecule has 1 saturated heterocycles. The molecule has 0 aliphatic carbocycles. The normalized spacial score (nSPS) is 22.8. The molecule has 4 heteroatoms. The van der Waals surface area contributed by atoms with Crippen molar-refractivity contribution in [3.63, 3.8) is 0 Å². The average Bonchev–Trinajstić information content (AvgIpc) is 2.73. The van der Waals surface area contributed by atoms with Gasteiger partial charge in [-0.1, -0.05) is 0 Å². The van der Waals surface area contributed by atoms with Gasteiger partial charge in [0.1, 0.15) is 18.2 Å². The molecule has 0 N–H and O–H groups in total. The van der Waals surface area contributed by atoms with Gasteiger partial charge >= 0.3 is 0 Å². The summed E-state index contributed by atoms with van der Waals surface area (Å²) < 4.78 is 19.0. The van der Waals surface area contributed by atoms with Crippen molar-refractivity contribution in [2.24, 2.45) is 0 Å². The lowest BCUT2D eigenvalue weighted by Crippen LogP contribution is -2.36. The maximum absolute atomic E-state index is 13.5. The first kappa shape index (κ1) is 10.6. The van der Waals surface area contributed by atoms with Gasteiger partial charge in [-0.15, -0.1) is 0 Å². The van der Waals surface area contributed by atoms with E-state index in [1.165, 1.54) is 6.07 Å². The third-order valence-corrected chi connectivity index (χ3v) is 3.56. The second-order valence-electron chi connectivity index (χ2n) is 4.70. The number of hydrogen-bond donors (Lipinski definition) is 0. The van der Waals surface area contributed by atoms with Crippen LogP contribution < -0.4 is 4.74 Å². The first-order valence-corrected chi connectivity index (χ1v) is 5.91. The summed E-state index contributed by atoms with van der Waals surface area (Å²) in [6.07, 6.45) is 2.00. The van der Waals surface area contributed by atoms with Crippen molar-refractivity contribution in [3.8, 4) is 5.75 Å². The first-order valence-electron chi connectivity index (χ1n) is 5.91. The van der Waals surface area contributed by atoms with Crippen molar-refractivity contribution in [2.75, 3.05) is 13.2 Å². The molecule has 1 unspecified atom stereocenters. The molecule has 0 saturated carbocycles. The van der Waals surface area contributed by atoms with E-state index in [9.17, 15) is 9.18 Å². The van der Waals surface area contributed by atoms with Gasteiger partial charge in [0.15, 0.2) is 0 Å². The standard InChI is InChI=1S/C13H14FNO2/c1-8-5-10-12(6-11(8)14)17-7-9-3-2-4-15(9)13(10)16/h5-6,9H,2-4,7H2,1H3. The van der Waals surface area contributed by atoms with Gasteiger partial charge in [-0.2, -0.15) is 0 Å². The van der Waals surface area contributed by atoms with Crippen LogP contribution in [0.5, 0.6) is 5.75 Å². The van der Waals surface area contributed by atoms with E-state index in [2.05, 4.69) is 0 Å². The number of carbonyl (C=O) groups is 1. The topological polar surface area (TPSA) is 29.5 Å². The van der Waals surface area contributed by atoms with E-state index in [1.807, 2.05) is 4.90 Å². The van der Waals surface area contributed by atoms with Crippen LogP contribution in [0.1, 0.15) is 28.8 Å². The van der Waals surface area contributed by atoms with Gasteiger partial charge in [-0.05, 0) is 31.4 Å². The van der Waals surface area contributed by atoms with E-state index in [-0.39, 0.29) is 17.8 Å². The molecule has 2 heterocycles. The molecule has 0 bridgehead atoms. The van der Waals surface area contributed by atoms with Crippen LogP contribution in [0.4, 0.5) is 4.39 Å². The van der Waals surface area contributed by atoms with Crippen LogP contribution in [0.3, 0.4) is 0 Å². The summed E-state index contributed by atoms with van der Waals surface area (Å²) in [6.45, 7) is 2.92. The Kier molecular flexibility index (Phi) is 2.31. The predicted molar refractivity (Wildman–Crippen MR) is 60.7 cm³/mol. The molecule has 2 aliphatic heterocycles. The Morgan fingerprint density at radius 3 is 3.12 bits per heavy atom. The highest BCUT2D eigenvalue weighted by molar-refractivity contribution is 5.97.